The highest BCUT2D eigenvalue weighted by atomic mass is 16.7. The zero-order valence-electron chi connectivity index (χ0n) is 13.6. The Bertz CT molecular complexity index is 539. The van der Waals surface area contributed by atoms with Crippen molar-refractivity contribution in [1.82, 2.24) is 14.5 Å². The number of rotatable bonds is 4. The summed E-state index contributed by atoms with van der Waals surface area (Å²) in [5.74, 6) is 1.31. The van der Waals surface area contributed by atoms with Gasteiger partial charge < -0.3 is 19.1 Å². The number of carboxylic acid groups (broad SMARTS) is 1. The number of carbonyl (C=O) groups is 1. The van der Waals surface area contributed by atoms with E-state index in [1.54, 1.807) is 0 Å². The van der Waals surface area contributed by atoms with Crippen molar-refractivity contribution in [2.75, 3.05) is 13.2 Å². The molecule has 23 heavy (non-hydrogen) atoms. The number of piperidine rings is 1. The van der Waals surface area contributed by atoms with E-state index in [-0.39, 0.29) is 12.3 Å². The summed E-state index contributed by atoms with van der Waals surface area (Å²) in [5, 5.41) is 9.44. The Labute approximate surface area is 136 Å². The van der Waals surface area contributed by atoms with Gasteiger partial charge in [0.15, 0.2) is 0 Å². The van der Waals surface area contributed by atoms with Crippen LogP contribution in [0.5, 0.6) is 5.88 Å². The lowest BCUT2D eigenvalue weighted by Gasteiger charge is -2.33. The number of amides is 1. The Balaban J connectivity index is 1.78. The SMILES string of the molecule is CCn1cc(OC2CCCCO2)nc1C1CCCCN1C(=O)O. The van der Waals surface area contributed by atoms with Crippen molar-refractivity contribution >= 4 is 6.09 Å². The fourth-order valence-corrected chi connectivity index (χ4v) is 3.35. The lowest BCUT2D eigenvalue weighted by Crippen LogP contribution is -2.38. The van der Waals surface area contributed by atoms with E-state index in [9.17, 15) is 9.90 Å². The number of aromatic nitrogens is 2. The summed E-state index contributed by atoms with van der Waals surface area (Å²) >= 11 is 0. The molecule has 0 radical (unpaired) electrons. The van der Waals surface area contributed by atoms with E-state index in [0.717, 1.165) is 57.5 Å². The molecule has 2 aliphatic rings. The smallest absolute Gasteiger partial charge is 0.407 e. The Hall–Kier alpha value is -1.76. The second-order valence-electron chi connectivity index (χ2n) is 6.12. The summed E-state index contributed by atoms with van der Waals surface area (Å²) in [7, 11) is 0. The third-order valence-electron chi connectivity index (χ3n) is 4.56. The predicted molar refractivity (Wildman–Crippen MR) is 83.4 cm³/mol. The second kappa shape index (κ2) is 7.21. The van der Waals surface area contributed by atoms with Gasteiger partial charge in [0.1, 0.15) is 5.82 Å². The quantitative estimate of drug-likeness (QED) is 0.921. The average Bonchev–Trinajstić information content (AvgIpc) is 2.98. The monoisotopic (exact) mass is 323 g/mol. The maximum atomic E-state index is 11.5. The molecule has 7 heteroatoms. The van der Waals surface area contributed by atoms with E-state index in [0.29, 0.717) is 12.4 Å². The van der Waals surface area contributed by atoms with Crippen LogP contribution < -0.4 is 4.74 Å². The average molecular weight is 323 g/mol. The van der Waals surface area contributed by atoms with Crippen LogP contribution in [0.25, 0.3) is 0 Å². The molecule has 128 valence electrons. The molecular formula is C16H25N3O4. The van der Waals surface area contributed by atoms with Gasteiger partial charge in [-0.3, -0.25) is 4.90 Å². The van der Waals surface area contributed by atoms with Gasteiger partial charge in [0.25, 0.3) is 0 Å². The van der Waals surface area contributed by atoms with Crippen molar-refractivity contribution in [2.45, 2.75) is 64.3 Å². The van der Waals surface area contributed by atoms with E-state index in [2.05, 4.69) is 4.98 Å². The molecule has 2 unspecified atom stereocenters. The van der Waals surface area contributed by atoms with E-state index in [1.807, 2.05) is 17.7 Å². The molecule has 0 spiro atoms. The van der Waals surface area contributed by atoms with Gasteiger partial charge in [-0.15, -0.1) is 0 Å². The summed E-state index contributed by atoms with van der Waals surface area (Å²) in [6.07, 6.45) is 6.54. The molecule has 1 aromatic heterocycles. The number of imidazole rings is 1. The highest BCUT2D eigenvalue weighted by molar-refractivity contribution is 5.65. The first-order valence-electron chi connectivity index (χ1n) is 8.54. The van der Waals surface area contributed by atoms with Gasteiger partial charge in [0, 0.05) is 19.5 Å². The minimum atomic E-state index is -0.876. The molecule has 0 bridgehead atoms. The third kappa shape index (κ3) is 3.60. The molecule has 7 nitrogen and oxygen atoms in total. The van der Waals surface area contributed by atoms with Gasteiger partial charge in [0.2, 0.25) is 12.2 Å². The number of hydrogen-bond donors (Lipinski definition) is 1. The minimum absolute atomic E-state index is 0.189. The summed E-state index contributed by atoms with van der Waals surface area (Å²) in [6, 6.07) is -0.189. The van der Waals surface area contributed by atoms with Crippen LogP contribution in [0.15, 0.2) is 6.20 Å². The zero-order chi connectivity index (χ0) is 16.2. The normalized spacial score (nSPS) is 25.3. The first kappa shape index (κ1) is 16.1. The lowest BCUT2D eigenvalue weighted by molar-refractivity contribution is -0.107. The fraction of sp³-hybridized carbons (Fsp3) is 0.750. The van der Waals surface area contributed by atoms with Gasteiger partial charge >= 0.3 is 6.09 Å². The summed E-state index contributed by atoms with van der Waals surface area (Å²) < 4.78 is 13.4. The van der Waals surface area contributed by atoms with Crippen LogP contribution in [-0.2, 0) is 11.3 Å². The van der Waals surface area contributed by atoms with Gasteiger partial charge in [-0.25, -0.2) is 4.79 Å². The largest absolute Gasteiger partial charge is 0.465 e. The molecule has 2 saturated heterocycles. The highest BCUT2D eigenvalue weighted by Crippen LogP contribution is 2.32. The molecule has 0 aliphatic carbocycles. The molecule has 3 heterocycles. The van der Waals surface area contributed by atoms with Crippen LogP contribution in [0.3, 0.4) is 0 Å². The van der Waals surface area contributed by atoms with Gasteiger partial charge in [-0.1, -0.05) is 0 Å². The zero-order valence-corrected chi connectivity index (χ0v) is 13.6. The highest BCUT2D eigenvalue weighted by Gasteiger charge is 2.31. The van der Waals surface area contributed by atoms with Crippen LogP contribution in [0.1, 0.15) is 57.3 Å². The van der Waals surface area contributed by atoms with E-state index in [4.69, 9.17) is 9.47 Å². The summed E-state index contributed by atoms with van der Waals surface area (Å²) in [6.45, 7) is 4.06. The van der Waals surface area contributed by atoms with E-state index < -0.39 is 6.09 Å². The van der Waals surface area contributed by atoms with E-state index in [1.165, 1.54) is 4.90 Å². The number of ether oxygens (including phenoxy) is 2. The van der Waals surface area contributed by atoms with Crippen molar-refractivity contribution in [1.29, 1.82) is 0 Å². The molecule has 0 saturated carbocycles. The number of likely N-dealkylation sites (tertiary alicyclic amines) is 1. The van der Waals surface area contributed by atoms with Crippen LogP contribution in [0.2, 0.25) is 0 Å². The number of aryl methyl sites for hydroxylation is 1. The van der Waals surface area contributed by atoms with Gasteiger partial charge in [-0.05, 0) is 39.0 Å². The van der Waals surface area contributed by atoms with Crippen LogP contribution >= 0.6 is 0 Å². The number of hydrogen-bond acceptors (Lipinski definition) is 4. The Kier molecular flexibility index (Phi) is 5.05. The Morgan fingerprint density at radius 2 is 2.22 bits per heavy atom. The van der Waals surface area contributed by atoms with Gasteiger partial charge in [-0.2, -0.15) is 4.98 Å². The van der Waals surface area contributed by atoms with Crippen molar-refractivity contribution in [3.8, 4) is 5.88 Å². The molecule has 2 aliphatic heterocycles. The molecule has 2 atom stereocenters. The molecule has 1 aromatic rings. The fourth-order valence-electron chi connectivity index (χ4n) is 3.35. The van der Waals surface area contributed by atoms with Crippen molar-refractivity contribution < 1.29 is 19.4 Å². The second-order valence-corrected chi connectivity index (χ2v) is 6.12. The molecule has 0 aromatic carbocycles. The van der Waals surface area contributed by atoms with Crippen LogP contribution in [0, 0.1) is 0 Å². The topological polar surface area (TPSA) is 76.8 Å². The summed E-state index contributed by atoms with van der Waals surface area (Å²) in [5.41, 5.74) is 0. The first-order chi connectivity index (χ1) is 11.2. The predicted octanol–water partition coefficient (Wildman–Crippen LogP) is 3.01. The van der Waals surface area contributed by atoms with Crippen molar-refractivity contribution in [2.24, 2.45) is 0 Å². The van der Waals surface area contributed by atoms with E-state index >= 15 is 0 Å². The summed E-state index contributed by atoms with van der Waals surface area (Å²) in [4.78, 5) is 17.6. The standard InChI is InChI=1S/C16H25N3O4/c1-2-18-11-13(23-14-8-4-6-10-22-14)17-15(18)12-7-3-5-9-19(12)16(20)21/h11-12,14H,2-10H2,1H3,(H,20,21). The lowest BCUT2D eigenvalue weighted by atomic mass is 10.0. The maximum Gasteiger partial charge on any atom is 0.407 e. The molecule has 3 rings (SSSR count). The van der Waals surface area contributed by atoms with Crippen LogP contribution in [-0.4, -0.2) is 45.1 Å². The Morgan fingerprint density at radius 1 is 1.39 bits per heavy atom. The first-order valence-corrected chi connectivity index (χ1v) is 8.54. The van der Waals surface area contributed by atoms with Crippen molar-refractivity contribution in [3.05, 3.63) is 12.0 Å². The van der Waals surface area contributed by atoms with Crippen LogP contribution in [0.4, 0.5) is 4.79 Å². The molecule has 2 fully saturated rings. The van der Waals surface area contributed by atoms with Crippen molar-refractivity contribution in [3.63, 3.8) is 0 Å². The minimum Gasteiger partial charge on any atom is -0.465 e. The number of nitrogens with zero attached hydrogens (tertiary/aromatic N) is 3. The third-order valence-corrected chi connectivity index (χ3v) is 4.56. The molecule has 1 amide bonds. The van der Waals surface area contributed by atoms with Gasteiger partial charge in [0.05, 0.1) is 18.8 Å². The maximum absolute atomic E-state index is 11.5. The Morgan fingerprint density at radius 3 is 2.91 bits per heavy atom. The molecular weight excluding hydrogens is 298 g/mol. The molecule has 1 N–H and O–H groups in total.